The van der Waals surface area contributed by atoms with Crippen LogP contribution in [-0.2, 0) is 6.18 Å². The molecule has 1 amide bonds. The van der Waals surface area contributed by atoms with Gasteiger partial charge in [0.2, 0.25) is 0 Å². The van der Waals surface area contributed by atoms with Gasteiger partial charge in [0.05, 0.1) is 15.8 Å². The summed E-state index contributed by atoms with van der Waals surface area (Å²) in [7, 11) is 0. The fourth-order valence-electron chi connectivity index (χ4n) is 5.22. The van der Waals surface area contributed by atoms with Crippen molar-refractivity contribution < 1.29 is 22.7 Å². The molecule has 6 nitrogen and oxygen atoms in total. The zero-order valence-electron chi connectivity index (χ0n) is 22.0. The van der Waals surface area contributed by atoms with Crippen LogP contribution in [0, 0.1) is 0 Å². The highest BCUT2D eigenvalue weighted by Gasteiger charge is 2.30. The Bertz CT molecular complexity index is 1240. The van der Waals surface area contributed by atoms with Crippen molar-refractivity contribution in [3.8, 4) is 5.75 Å². The number of nitrogens with one attached hydrogen (secondary N) is 1. The molecule has 0 saturated carbocycles. The summed E-state index contributed by atoms with van der Waals surface area (Å²) >= 11 is 2.48. The van der Waals surface area contributed by atoms with E-state index in [9.17, 15) is 18.0 Å². The van der Waals surface area contributed by atoms with E-state index in [1.54, 1.807) is 18.3 Å². The summed E-state index contributed by atoms with van der Waals surface area (Å²) in [6, 6.07) is 19.3. The molecule has 2 fully saturated rings. The molecular weight excluding hydrogens is 632 g/mol. The number of nitrogens with zero attached hydrogens (tertiary/aromatic N) is 3. The first-order chi connectivity index (χ1) is 19.3. The van der Waals surface area contributed by atoms with E-state index in [1.165, 1.54) is 17.7 Å². The number of carbonyl (C=O) groups is 1. The van der Waals surface area contributed by atoms with Crippen LogP contribution < -0.4 is 15.0 Å². The molecule has 1 unspecified atom stereocenters. The molecule has 2 saturated heterocycles. The average molecular weight is 665 g/mol. The Hall–Kier alpha value is -2.86. The maximum absolute atomic E-state index is 12.8. The number of halogens is 4. The SMILES string of the molecule is O=C(NC1CCN(C(I)c2ccccc2)CC1)c1ccc(OC2CCN(c3ccc(C(F)(F)F)cc3)CC2)cn1. The van der Waals surface area contributed by atoms with Crippen LogP contribution in [0.5, 0.6) is 5.75 Å². The van der Waals surface area contributed by atoms with E-state index < -0.39 is 11.7 Å². The van der Waals surface area contributed by atoms with E-state index in [-0.39, 0.29) is 18.1 Å². The number of alkyl halides is 4. The van der Waals surface area contributed by atoms with Crippen molar-refractivity contribution in [3.63, 3.8) is 0 Å². The third kappa shape index (κ3) is 7.25. The Morgan fingerprint density at radius 3 is 2.20 bits per heavy atom. The van der Waals surface area contributed by atoms with Crippen LogP contribution in [0.3, 0.4) is 0 Å². The minimum absolute atomic E-state index is 0.0185. The van der Waals surface area contributed by atoms with Gasteiger partial charge in [-0.25, -0.2) is 4.98 Å². The molecule has 0 bridgehead atoms. The van der Waals surface area contributed by atoms with Crippen LogP contribution in [0.25, 0.3) is 0 Å². The molecule has 1 aromatic heterocycles. The molecule has 212 valence electrons. The summed E-state index contributed by atoms with van der Waals surface area (Å²) in [6.07, 6.45) is 0.502. The van der Waals surface area contributed by atoms with E-state index in [0.717, 1.165) is 56.6 Å². The van der Waals surface area contributed by atoms with Gasteiger partial charge in [0, 0.05) is 50.7 Å². The summed E-state index contributed by atoms with van der Waals surface area (Å²) < 4.78 is 44.9. The van der Waals surface area contributed by atoms with Crippen LogP contribution in [0.2, 0.25) is 0 Å². The van der Waals surface area contributed by atoms with Gasteiger partial charge in [-0.2, -0.15) is 13.2 Å². The van der Waals surface area contributed by atoms with Gasteiger partial charge in [-0.15, -0.1) is 0 Å². The third-order valence-corrected chi connectivity index (χ3v) is 9.04. The molecule has 1 N–H and O–H groups in total. The normalized spacial score (nSPS) is 18.4. The summed E-state index contributed by atoms with van der Waals surface area (Å²) in [5.41, 5.74) is 1.79. The minimum atomic E-state index is -4.33. The largest absolute Gasteiger partial charge is 0.489 e. The smallest absolute Gasteiger partial charge is 0.416 e. The quantitative estimate of drug-likeness (QED) is 0.178. The summed E-state index contributed by atoms with van der Waals surface area (Å²) in [5.74, 6) is 0.427. The first kappa shape index (κ1) is 28.7. The van der Waals surface area contributed by atoms with Crippen LogP contribution in [0.15, 0.2) is 72.9 Å². The van der Waals surface area contributed by atoms with Gasteiger partial charge in [0.25, 0.3) is 5.91 Å². The van der Waals surface area contributed by atoms with Crippen molar-refractivity contribution in [2.24, 2.45) is 0 Å². The summed E-state index contributed by atoms with van der Waals surface area (Å²) in [6.45, 7) is 3.22. The lowest BCUT2D eigenvalue weighted by Crippen LogP contribution is -2.45. The first-order valence-electron chi connectivity index (χ1n) is 13.5. The van der Waals surface area contributed by atoms with Gasteiger partial charge in [-0.1, -0.05) is 52.9 Å². The Kier molecular flexibility index (Phi) is 9.14. The number of anilines is 1. The molecule has 3 aromatic rings. The van der Waals surface area contributed by atoms with E-state index in [1.807, 2.05) is 6.07 Å². The van der Waals surface area contributed by atoms with Crippen LogP contribution in [0.1, 0.15) is 51.3 Å². The van der Waals surface area contributed by atoms with Crippen LogP contribution in [0.4, 0.5) is 18.9 Å². The number of carbonyl (C=O) groups excluding carboxylic acids is 1. The summed E-state index contributed by atoms with van der Waals surface area (Å²) in [5, 5.41) is 3.13. The van der Waals surface area contributed by atoms with Gasteiger partial charge in [-0.3, -0.25) is 9.69 Å². The van der Waals surface area contributed by atoms with Crippen LogP contribution >= 0.6 is 22.6 Å². The first-order valence-corrected chi connectivity index (χ1v) is 14.8. The van der Waals surface area contributed by atoms with Crippen molar-refractivity contribution in [2.75, 3.05) is 31.1 Å². The molecule has 2 aliphatic rings. The predicted molar refractivity (Wildman–Crippen MR) is 157 cm³/mol. The number of rotatable bonds is 7. The number of ether oxygens (including phenoxy) is 1. The molecule has 0 radical (unpaired) electrons. The van der Waals surface area contributed by atoms with Gasteiger partial charge in [0.1, 0.15) is 17.5 Å². The predicted octanol–water partition coefficient (Wildman–Crippen LogP) is 6.48. The van der Waals surface area contributed by atoms with Crippen molar-refractivity contribution in [3.05, 3.63) is 89.7 Å². The van der Waals surface area contributed by atoms with Crippen molar-refractivity contribution in [1.29, 1.82) is 0 Å². The molecule has 3 heterocycles. The number of aromatic nitrogens is 1. The number of piperidine rings is 2. The molecule has 2 aromatic carbocycles. The molecule has 40 heavy (non-hydrogen) atoms. The van der Waals surface area contributed by atoms with Gasteiger partial charge < -0.3 is 15.0 Å². The number of amides is 1. The lowest BCUT2D eigenvalue weighted by Gasteiger charge is -2.35. The van der Waals surface area contributed by atoms with E-state index in [4.69, 9.17) is 4.74 Å². The number of hydrogen-bond acceptors (Lipinski definition) is 5. The number of benzene rings is 2. The maximum atomic E-state index is 12.8. The van der Waals surface area contributed by atoms with Gasteiger partial charge in [-0.05, 0) is 54.8 Å². The van der Waals surface area contributed by atoms with Crippen LogP contribution in [-0.4, -0.2) is 54.1 Å². The van der Waals surface area contributed by atoms with Gasteiger partial charge >= 0.3 is 6.18 Å². The lowest BCUT2D eigenvalue weighted by atomic mass is 10.0. The highest BCUT2D eigenvalue weighted by molar-refractivity contribution is 14.1. The second-order valence-electron chi connectivity index (χ2n) is 10.3. The number of hydrogen-bond donors (Lipinski definition) is 1. The fraction of sp³-hybridized carbons (Fsp3) is 0.400. The standard InChI is InChI=1S/C30H32F3IN4O2/c31-30(32,33)22-6-8-24(9-7-22)37-18-14-25(15-19-37)40-26-10-11-27(35-20-26)29(39)36-23-12-16-38(17-13-23)28(34)21-4-2-1-3-5-21/h1-11,20,23,25,28H,12-19H2,(H,36,39). The van der Waals surface area contributed by atoms with E-state index in [0.29, 0.717) is 28.6 Å². The lowest BCUT2D eigenvalue weighted by molar-refractivity contribution is -0.137. The highest BCUT2D eigenvalue weighted by atomic mass is 127. The Morgan fingerprint density at radius 1 is 0.925 bits per heavy atom. The van der Waals surface area contributed by atoms with Gasteiger partial charge in [0.15, 0.2) is 0 Å². The van der Waals surface area contributed by atoms with Crippen molar-refractivity contribution in [2.45, 2.75) is 48.1 Å². The zero-order chi connectivity index (χ0) is 28.1. The topological polar surface area (TPSA) is 57.7 Å². The maximum Gasteiger partial charge on any atom is 0.416 e. The van der Waals surface area contributed by atoms with E-state index >= 15 is 0 Å². The minimum Gasteiger partial charge on any atom is -0.489 e. The van der Waals surface area contributed by atoms with Crippen molar-refractivity contribution >= 4 is 34.2 Å². The second-order valence-corrected chi connectivity index (χ2v) is 11.4. The molecule has 1 atom stereocenters. The number of likely N-dealkylation sites (tertiary alicyclic amines) is 1. The second kappa shape index (κ2) is 12.8. The Balaban J connectivity index is 1.05. The number of pyridine rings is 1. The summed E-state index contributed by atoms with van der Waals surface area (Å²) in [4.78, 5) is 21.6. The third-order valence-electron chi connectivity index (χ3n) is 7.53. The average Bonchev–Trinajstić information content (AvgIpc) is 2.98. The molecule has 0 spiro atoms. The fourth-order valence-corrected chi connectivity index (χ4v) is 6.19. The monoisotopic (exact) mass is 664 g/mol. The molecule has 5 rings (SSSR count). The van der Waals surface area contributed by atoms with Crippen molar-refractivity contribution in [1.82, 2.24) is 15.2 Å². The highest BCUT2D eigenvalue weighted by Crippen LogP contribution is 2.32. The van der Waals surface area contributed by atoms with E-state index in [2.05, 4.69) is 67.0 Å². The zero-order valence-corrected chi connectivity index (χ0v) is 24.1. The molecule has 0 aliphatic carbocycles. The molecule has 2 aliphatic heterocycles. The Labute approximate surface area is 246 Å². The Morgan fingerprint density at radius 2 is 1.60 bits per heavy atom. The molecular formula is C30H32F3IN4O2. The molecule has 10 heteroatoms.